The molecule has 1 amide bonds. The summed E-state index contributed by atoms with van der Waals surface area (Å²) in [5, 5.41) is 3.49. The first-order valence-corrected chi connectivity index (χ1v) is 8.59. The van der Waals surface area contributed by atoms with E-state index in [1.807, 2.05) is 50.2 Å². The molecule has 3 aromatic heterocycles. The standard InChI is InChI=1S/C20H18N4O3/c1-12-8-15-17-18(27-19(15)23-13(12)2)20(26)24(11-22-17)10-16(25)21-9-14-6-4-3-5-7-14/h3-8,11H,9-10H2,1-2H3,(H,21,25). The minimum atomic E-state index is -0.400. The van der Waals surface area contributed by atoms with Crippen molar-refractivity contribution in [1.29, 1.82) is 0 Å². The van der Waals surface area contributed by atoms with Crippen LogP contribution >= 0.6 is 0 Å². The Morgan fingerprint density at radius 2 is 2.00 bits per heavy atom. The Hall–Kier alpha value is -3.48. The molecule has 0 atom stereocenters. The molecule has 4 rings (SSSR count). The maximum absolute atomic E-state index is 12.7. The lowest BCUT2D eigenvalue weighted by molar-refractivity contribution is -0.121. The van der Waals surface area contributed by atoms with Gasteiger partial charge in [0.1, 0.15) is 12.1 Å². The highest BCUT2D eigenvalue weighted by atomic mass is 16.3. The molecule has 0 saturated heterocycles. The van der Waals surface area contributed by atoms with Gasteiger partial charge in [0.05, 0.1) is 11.7 Å². The molecule has 0 aliphatic heterocycles. The summed E-state index contributed by atoms with van der Waals surface area (Å²) in [6.07, 6.45) is 1.37. The Morgan fingerprint density at radius 3 is 2.78 bits per heavy atom. The van der Waals surface area contributed by atoms with Crippen molar-refractivity contribution >= 4 is 28.1 Å². The number of rotatable bonds is 4. The lowest BCUT2D eigenvalue weighted by atomic mass is 10.2. The Balaban J connectivity index is 1.61. The number of aromatic nitrogens is 3. The fraction of sp³-hybridized carbons (Fsp3) is 0.200. The van der Waals surface area contributed by atoms with E-state index < -0.39 is 5.56 Å². The van der Waals surface area contributed by atoms with Crippen molar-refractivity contribution in [3.05, 3.63) is 69.9 Å². The van der Waals surface area contributed by atoms with Crippen LogP contribution in [0, 0.1) is 13.8 Å². The fourth-order valence-electron chi connectivity index (χ4n) is 2.90. The zero-order chi connectivity index (χ0) is 19.0. The maximum Gasteiger partial charge on any atom is 0.297 e. The minimum absolute atomic E-state index is 0.112. The molecule has 7 nitrogen and oxygen atoms in total. The predicted octanol–water partition coefficient (Wildman–Crippen LogP) is 2.47. The predicted molar refractivity (Wildman–Crippen MR) is 101 cm³/mol. The van der Waals surface area contributed by atoms with E-state index in [2.05, 4.69) is 15.3 Å². The highest BCUT2D eigenvalue weighted by molar-refractivity contribution is 6.00. The number of carbonyl (C=O) groups excluding carboxylic acids is 1. The number of hydrogen-bond acceptors (Lipinski definition) is 5. The van der Waals surface area contributed by atoms with Crippen molar-refractivity contribution in [2.24, 2.45) is 0 Å². The van der Waals surface area contributed by atoms with Crippen LogP contribution in [-0.2, 0) is 17.9 Å². The van der Waals surface area contributed by atoms with Gasteiger partial charge in [0, 0.05) is 12.2 Å². The summed E-state index contributed by atoms with van der Waals surface area (Å²) in [5.74, 6) is -0.275. The van der Waals surface area contributed by atoms with Gasteiger partial charge in [0.2, 0.25) is 17.2 Å². The van der Waals surface area contributed by atoms with Crippen LogP contribution in [0.5, 0.6) is 0 Å². The molecular weight excluding hydrogens is 344 g/mol. The molecule has 136 valence electrons. The first-order chi connectivity index (χ1) is 13.0. The van der Waals surface area contributed by atoms with Crippen LogP contribution < -0.4 is 10.9 Å². The van der Waals surface area contributed by atoms with Crippen LogP contribution in [0.1, 0.15) is 16.8 Å². The van der Waals surface area contributed by atoms with Gasteiger partial charge in [-0.15, -0.1) is 0 Å². The molecule has 0 spiro atoms. The van der Waals surface area contributed by atoms with Crippen molar-refractivity contribution in [1.82, 2.24) is 19.9 Å². The number of nitrogens with zero attached hydrogens (tertiary/aromatic N) is 3. The summed E-state index contributed by atoms with van der Waals surface area (Å²) in [6, 6.07) is 11.5. The van der Waals surface area contributed by atoms with Crippen molar-refractivity contribution in [3.8, 4) is 0 Å². The molecule has 0 bridgehead atoms. The van der Waals surface area contributed by atoms with E-state index >= 15 is 0 Å². The van der Waals surface area contributed by atoms with Crippen LogP contribution in [0.4, 0.5) is 0 Å². The second kappa shape index (κ2) is 6.68. The third-order valence-corrected chi connectivity index (χ3v) is 4.53. The summed E-state index contributed by atoms with van der Waals surface area (Å²) in [6.45, 7) is 4.10. The number of amides is 1. The number of aryl methyl sites for hydroxylation is 2. The number of fused-ring (bicyclic) bond motifs is 3. The number of carbonyl (C=O) groups is 1. The lowest BCUT2D eigenvalue weighted by Gasteiger charge is -2.07. The largest absolute Gasteiger partial charge is 0.430 e. The van der Waals surface area contributed by atoms with Crippen molar-refractivity contribution in [2.45, 2.75) is 26.9 Å². The number of nitrogens with one attached hydrogen (secondary N) is 1. The van der Waals surface area contributed by atoms with Crippen LogP contribution in [-0.4, -0.2) is 20.4 Å². The quantitative estimate of drug-likeness (QED) is 0.602. The van der Waals surface area contributed by atoms with Crippen LogP contribution in [0.2, 0.25) is 0 Å². The third kappa shape index (κ3) is 3.19. The summed E-state index contributed by atoms with van der Waals surface area (Å²) in [7, 11) is 0. The first kappa shape index (κ1) is 17.0. The van der Waals surface area contributed by atoms with E-state index in [0.717, 1.165) is 16.8 Å². The van der Waals surface area contributed by atoms with E-state index in [1.165, 1.54) is 10.9 Å². The van der Waals surface area contributed by atoms with Gasteiger partial charge in [0.25, 0.3) is 5.56 Å². The number of benzene rings is 1. The van der Waals surface area contributed by atoms with E-state index in [-0.39, 0.29) is 18.0 Å². The van der Waals surface area contributed by atoms with E-state index in [1.54, 1.807) is 0 Å². The maximum atomic E-state index is 12.7. The Morgan fingerprint density at radius 1 is 1.22 bits per heavy atom. The first-order valence-electron chi connectivity index (χ1n) is 8.59. The van der Waals surface area contributed by atoms with Gasteiger partial charge < -0.3 is 9.73 Å². The number of furan rings is 1. The molecule has 27 heavy (non-hydrogen) atoms. The number of hydrogen-bond donors (Lipinski definition) is 1. The molecule has 0 aliphatic carbocycles. The Kier molecular flexibility index (Phi) is 4.19. The molecule has 0 radical (unpaired) electrons. The average Bonchev–Trinajstić information content (AvgIpc) is 3.02. The van der Waals surface area contributed by atoms with Gasteiger partial charge in [-0.2, -0.15) is 0 Å². The minimum Gasteiger partial charge on any atom is -0.430 e. The molecule has 0 unspecified atom stereocenters. The average molecular weight is 362 g/mol. The van der Waals surface area contributed by atoms with E-state index in [9.17, 15) is 9.59 Å². The fourth-order valence-corrected chi connectivity index (χ4v) is 2.90. The highest BCUT2D eigenvalue weighted by Crippen LogP contribution is 2.25. The zero-order valence-corrected chi connectivity index (χ0v) is 15.0. The van der Waals surface area contributed by atoms with Crippen LogP contribution in [0.25, 0.3) is 22.2 Å². The van der Waals surface area contributed by atoms with Gasteiger partial charge in [-0.25, -0.2) is 9.97 Å². The second-order valence-corrected chi connectivity index (χ2v) is 6.46. The van der Waals surface area contributed by atoms with E-state index in [0.29, 0.717) is 23.2 Å². The lowest BCUT2D eigenvalue weighted by Crippen LogP contribution is -2.32. The Labute approximate surface area is 154 Å². The van der Waals surface area contributed by atoms with Gasteiger partial charge in [0.15, 0.2) is 0 Å². The second-order valence-electron chi connectivity index (χ2n) is 6.46. The van der Waals surface area contributed by atoms with Gasteiger partial charge in [-0.1, -0.05) is 30.3 Å². The summed E-state index contributed by atoms with van der Waals surface area (Å²) in [4.78, 5) is 33.6. The molecule has 3 heterocycles. The molecule has 4 aromatic rings. The zero-order valence-electron chi connectivity index (χ0n) is 15.0. The van der Waals surface area contributed by atoms with Crippen molar-refractivity contribution in [3.63, 3.8) is 0 Å². The third-order valence-electron chi connectivity index (χ3n) is 4.53. The topological polar surface area (TPSA) is 90.0 Å². The van der Waals surface area contributed by atoms with Crippen LogP contribution in [0.15, 0.2) is 51.9 Å². The van der Waals surface area contributed by atoms with E-state index in [4.69, 9.17) is 4.42 Å². The smallest absolute Gasteiger partial charge is 0.297 e. The molecule has 0 aliphatic rings. The highest BCUT2D eigenvalue weighted by Gasteiger charge is 2.16. The molecular formula is C20H18N4O3. The van der Waals surface area contributed by atoms with Crippen LogP contribution in [0.3, 0.4) is 0 Å². The summed E-state index contributed by atoms with van der Waals surface area (Å²) in [5.41, 5.74) is 3.37. The van der Waals surface area contributed by atoms with Crippen molar-refractivity contribution in [2.75, 3.05) is 0 Å². The molecule has 1 N–H and O–H groups in total. The van der Waals surface area contributed by atoms with Gasteiger partial charge >= 0.3 is 0 Å². The summed E-state index contributed by atoms with van der Waals surface area (Å²) >= 11 is 0. The van der Waals surface area contributed by atoms with Gasteiger partial charge in [-0.05, 0) is 31.0 Å². The Bertz CT molecular complexity index is 1210. The monoisotopic (exact) mass is 362 g/mol. The number of pyridine rings is 1. The van der Waals surface area contributed by atoms with Crippen molar-refractivity contribution < 1.29 is 9.21 Å². The summed E-state index contributed by atoms with van der Waals surface area (Å²) < 4.78 is 6.87. The molecule has 7 heteroatoms. The van der Waals surface area contributed by atoms with Gasteiger partial charge in [-0.3, -0.25) is 14.2 Å². The molecule has 0 fully saturated rings. The molecule has 1 aromatic carbocycles. The normalized spacial score (nSPS) is 11.2. The molecule has 0 saturated carbocycles. The SMILES string of the molecule is Cc1cc2c(nc1C)oc1c(=O)n(CC(=O)NCc3ccccc3)cnc12.